The molecule has 1 aliphatic rings. The topological polar surface area (TPSA) is 52.3 Å². The molecule has 0 unspecified atom stereocenters. The molecular formula is C9H17NO2. The SMILES string of the molecule is C[C@@H](OC(N)=O)C1CCCCC1. The molecule has 0 saturated heterocycles. The normalized spacial score (nSPS) is 21.8. The van der Waals surface area contributed by atoms with Crippen molar-refractivity contribution in [1.29, 1.82) is 0 Å². The van der Waals surface area contributed by atoms with Gasteiger partial charge in [0.25, 0.3) is 0 Å². The van der Waals surface area contributed by atoms with Crippen LogP contribution in [0.25, 0.3) is 0 Å². The van der Waals surface area contributed by atoms with Crippen LogP contribution >= 0.6 is 0 Å². The Hall–Kier alpha value is -0.730. The maximum absolute atomic E-state index is 10.5. The summed E-state index contributed by atoms with van der Waals surface area (Å²) in [6, 6.07) is 0. The predicted octanol–water partition coefficient (Wildman–Crippen LogP) is 2.05. The Bertz CT molecular complexity index is 153. The minimum absolute atomic E-state index is 0.00259. The lowest BCUT2D eigenvalue weighted by Crippen LogP contribution is -2.28. The number of nitrogens with two attached hydrogens (primary N) is 1. The van der Waals surface area contributed by atoms with Gasteiger partial charge < -0.3 is 10.5 Å². The highest BCUT2D eigenvalue weighted by atomic mass is 16.6. The molecule has 1 saturated carbocycles. The van der Waals surface area contributed by atoms with Gasteiger partial charge >= 0.3 is 6.09 Å². The second-order valence-corrected chi connectivity index (χ2v) is 3.54. The number of hydrogen-bond donors (Lipinski definition) is 1. The molecule has 0 aromatic heterocycles. The number of primary amides is 1. The standard InChI is InChI=1S/C9H17NO2/c1-7(12-9(10)11)8-5-3-2-4-6-8/h7-8H,2-6H2,1H3,(H2,10,11)/t7-/m1/s1. The molecule has 1 amide bonds. The summed E-state index contributed by atoms with van der Waals surface area (Å²) in [5, 5.41) is 0. The predicted molar refractivity (Wildman–Crippen MR) is 46.7 cm³/mol. The van der Waals surface area contributed by atoms with Crippen molar-refractivity contribution in [3.05, 3.63) is 0 Å². The van der Waals surface area contributed by atoms with Crippen LogP contribution in [-0.4, -0.2) is 12.2 Å². The van der Waals surface area contributed by atoms with Crippen molar-refractivity contribution >= 4 is 6.09 Å². The lowest BCUT2D eigenvalue weighted by atomic mass is 9.86. The van der Waals surface area contributed by atoms with Crippen LogP contribution in [0.2, 0.25) is 0 Å². The second-order valence-electron chi connectivity index (χ2n) is 3.54. The lowest BCUT2D eigenvalue weighted by molar-refractivity contribution is 0.0660. The van der Waals surface area contributed by atoms with E-state index in [4.69, 9.17) is 10.5 Å². The first kappa shape index (κ1) is 9.36. The van der Waals surface area contributed by atoms with E-state index < -0.39 is 6.09 Å². The highest BCUT2D eigenvalue weighted by molar-refractivity contribution is 5.64. The van der Waals surface area contributed by atoms with E-state index in [-0.39, 0.29) is 6.10 Å². The van der Waals surface area contributed by atoms with Gasteiger partial charge in [-0.15, -0.1) is 0 Å². The highest BCUT2D eigenvalue weighted by Gasteiger charge is 2.21. The third-order valence-electron chi connectivity index (χ3n) is 2.62. The fourth-order valence-electron chi connectivity index (χ4n) is 1.88. The van der Waals surface area contributed by atoms with E-state index in [2.05, 4.69) is 0 Å². The zero-order chi connectivity index (χ0) is 8.97. The van der Waals surface area contributed by atoms with Crippen molar-refractivity contribution in [2.24, 2.45) is 11.7 Å². The zero-order valence-electron chi connectivity index (χ0n) is 7.58. The van der Waals surface area contributed by atoms with Crippen LogP contribution in [0.3, 0.4) is 0 Å². The first-order chi connectivity index (χ1) is 5.70. The number of hydrogen-bond acceptors (Lipinski definition) is 2. The van der Waals surface area contributed by atoms with Crippen molar-refractivity contribution in [3.63, 3.8) is 0 Å². The number of carbonyl (C=O) groups excluding carboxylic acids is 1. The minimum Gasteiger partial charge on any atom is -0.446 e. The molecule has 3 nitrogen and oxygen atoms in total. The molecule has 0 radical (unpaired) electrons. The quantitative estimate of drug-likeness (QED) is 0.691. The van der Waals surface area contributed by atoms with Crippen LogP contribution in [0.4, 0.5) is 4.79 Å². The molecule has 0 bridgehead atoms. The van der Waals surface area contributed by atoms with Crippen LogP contribution in [0.5, 0.6) is 0 Å². The number of rotatable bonds is 2. The summed E-state index contributed by atoms with van der Waals surface area (Å²) in [5.74, 6) is 0.534. The average Bonchev–Trinajstić information content (AvgIpc) is 2.05. The van der Waals surface area contributed by atoms with Crippen molar-refractivity contribution in [3.8, 4) is 0 Å². The van der Waals surface area contributed by atoms with E-state index >= 15 is 0 Å². The molecule has 2 N–H and O–H groups in total. The summed E-state index contributed by atoms with van der Waals surface area (Å²) in [7, 11) is 0. The number of ether oxygens (including phenoxy) is 1. The van der Waals surface area contributed by atoms with Gasteiger partial charge in [0.05, 0.1) is 0 Å². The first-order valence-corrected chi connectivity index (χ1v) is 4.66. The Labute approximate surface area is 73.3 Å². The third-order valence-corrected chi connectivity index (χ3v) is 2.62. The fourth-order valence-corrected chi connectivity index (χ4v) is 1.88. The third kappa shape index (κ3) is 2.72. The van der Waals surface area contributed by atoms with Crippen molar-refractivity contribution in [1.82, 2.24) is 0 Å². The Kier molecular flexibility index (Phi) is 3.38. The summed E-state index contributed by atoms with van der Waals surface area (Å²) in [4.78, 5) is 10.5. The molecule has 1 fully saturated rings. The van der Waals surface area contributed by atoms with Gasteiger partial charge in [-0.25, -0.2) is 4.79 Å². The summed E-state index contributed by atoms with van der Waals surface area (Å²) in [6.07, 6.45) is 5.55. The highest BCUT2D eigenvalue weighted by Crippen LogP contribution is 2.27. The van der Waals surface area contributed by atoms with Gasteiger partial charge in [0, 0.05) is 0 Å². The van der Waals surface area contributed by atoms with E-state index in [0.29, 0.717) is 5.92 Å². The van der Waals surface area contributed by atoms with Gasteiger partial charge in [-0.2, -0.15) is 0 Å². The minimum atomic E-state index is -0.645. The summed E-state index contributed by atoms with van der Waals surface area (Å²) in [5.41, 5.74) is 4.94. The molecule has 1 atom stereocenters. The smallest absolute Gasteiger partial charge is 0.404 e. The maximum Gasteiger partial charge on any atom is 0.404 e. The monoisotopic (exact) mass is 171 g/mol. The summed E-state index contributed by atoms with van der Waals surface area (Å²) in [6.45, 7) is 1.93. The molecule has 70 valence electrons. The van der Waals surface area contributed by atoms with Gasteiger partial charge in [-0.05, 0) is 25.7 Å². The van der Waals surface area contributed by atoms with Crippen LogP contribution in [-0.2, 0) is 4.74 Å². The molecule has 0 aromatic rings. The van der Waals surface area contributed by atoms with E-state index in [9.17, 15) is 4.79 Å². The van der Waals surface area contributed by atoms with Crippen molar-refractivity contribution in [2.75, 3.05) is 0 Å². The molecular weight excluding hydrogens is 154 g/mol. The van der Waals surface area contributed by atoms with Gasteiger partial charge in [0.15, 0.2) is 0 Å². The molecule has 1 aliphatic carbocycles. The second kappa shape index (κ2) is 4.33. The average molecular weight is 171 g/mol. The number of amides is 1. The van der Waals surface area contributed by atoms with Crippen molar-refractivity contribution < 1.29 is 9.53 Å². The molecule has 3 heteroatoms. The molecule has 0 heterocycles. The van der Waals surface area contributed by atoms with Gasteiger partial charge in [-0.1, -0.05) is 19.3 Å². The van der Waals surface area contributed by atoms with E-state index in [0.717, 1.165) is 0 Å². The van der Waals surface area contributed by atoms with E-state index in [1.165, 1.54) is 32.1 Å². The lowest BCUT2D eigenvalue weighted by Gasteiger charge is -2.26. The largest absolute Gasteiger partial charge is 0.446 e. The molecule has 1 rings (SSSR count). The van der Waals surface area contributed by atoms with Crippen LogP contribution < -0.4 is 5.73 Å². The molecule has 0 spiro atoms. The van der Waals surface area contributed by atoms with Gasteiger partial charge in [0.1, 0.15) is 6.10 Å². The zero-order valence-corrected chi connectivity index (χ0v) is 7.58. The first-order valence-electron chi connectivity index (χ1n) is 4.66. The Morgan fingerprint density at radius 3 is 2.50 bits per heavy atom. The Morgan fingerprint density at radius 2 is 2.00 bits per heavy atom. The molecule has 0 aliphatic heterocycles. The molecule has 12 heavy (non-hydrogen) atoms. The molecule has 0 aromatic carbocycles. The summed E-state index contributed by atoms with van der Waals surface area (Å²) < 4.78 is 4.93. The van der Waals surface area contributed by atoms with Crippen LogP contribution in [0, 0.1) is 5.92 Å². The van der Waals surface area contributed by atoms with Crippen LogP contribution in [0.1, 0.15) is 39.0 Å². The van der Waals surface area contributed by atoms with E-state index in [1.54, 1.807) is 0 Å². The Morgan fingerprint density at radius 1 is 1.42 bits per heavy atom. The maximum atomic E-state index is 10.5. The van der Waals surface area contributed by atoms with Gasteiger partial charge in [-0.3, -0.25) is 0 Å². The Balaban J connectivity index is 2.29. The summed E-state index contributed by atoms with van der Waals surface area (Å²) >= 11 is 0. The number of carbonyl (C=O) groups is 1. The van der Waals surface area contributed by atoms with Crippen LogP contribution in [0.15, 0.2) is 0 Å². The van der Waals surface area contributed by atoms with E-state index in [1.807, 2.05) is 6.92 Å². The fraction of sp³-hybridized carbons (Fsp3) is 0.889. The van der Waals surface area contributed by atoms with Crippen molar-refractivity contribution in [2.45, 2.75) is 45.1 Å². The van der Waals surface area contributed by atoms with Gasteiger partial charge in [0.2, 0.25) is 0 Å².